The van der Waals surface area contributed by atoms with Crippen LogP contribution in [0.15, 0.2) is 29.2 Å². The molecule has 2 fully saturated rings. The molecule has 0 spiro atoms. The van der Waals surface area contributed by atoms with Gasteiger partial charge in [0.05, 0.1) is 17.7 Å². The van der Waals surface area contributed by atoms with E-state index in [1.807, 2.05) is 6.92 Å². The molecule has 7 heteroatoms. The quantitative estimate of drug-likeness (QED) is 0.732. The van der Waals surface area contributed by atoms with Gasteiger partial charge in [-0.2, -0.15) is 4.31 Å². The summed E-state index contributed by atoms with van der Waals surface area (Å²) in [5.41, 5.74) is 0. The van der Waals surface area contributed by atoms with Gasteiger partial charge in [-0.1, -0.05) is 23.7 Å². The number of fused-ring (bicyclic) bond motifs is 1. The maximum absolute atomic E-state index is 12.8. The Morgan fingerprint density at radius 1 is 1.35 bits per heavy atom. The lowest BCUT2D eigenvalue weighted by Crippen LogP contribution is -2.31. The van der Waals surface area contributed by atoms with Crippen molar-refractivity contribution in [2.45, 2.75) is 24.3 Å². The van der Waals surface area contributed by atoms with Crippen molar-refractivity contribution in [1.82, 2.24) is 4.31 Å². The average Bonchev–Trinajstić information content (AvgIpc) is 3.10. The van der Waals surface area contributed by atoms with Crippen LogP contribution in [0, 0.1) is 11.8 Å². The molecule has 0 N–H and O–H groups in total. The third kappa shape index (κ3) is 3.42. The maximum Gasteiger partial charge on any atom is 0.244 e. The van der Waals surface area contributed by atoms with Crippen LogP contribution in [0.2, 0.25) is 5.02 Å². The highest BCUT2D eigenvalue weighted by Crippen LogP contribution is 2.38. The monoisotopic (exact) mass is 359 g/mol. The first-order chi connectivity index (χ1) is 11.0. The van der Waals surface area contributed by atoms with Gasteiger partial charge in [0.25, 0.3) is 0 Å². The Morgan fingerprint density at radius 3 is 2.87 bits per heavy atom. The van der Waals surface area contributed by atoms with E-state index in [9.17, 15) is 8.42 Å². The summed E-state index contributed by atoms with van der Waals surface area (Å²) in [5.74, 6) is 0.603. The molecule has 0 amide bonds. The summed E-state index contributed by atoms with van der Waals surface area (Å²) in [5, 5.41) is 0.262. The molecule has 0 saturated carbocycles. The predicted molar refractivity (Wildman–Crippen MR) is 88.0 cm³/mol. The van der Waals surface area contributed by atoms with E-state index in [1.54, 1.807) is 24.3 Å². The molecule has 1 aromatic rings. The second kappa shape index (κ2) is 7.07. The van der Waals surface area contributed by atoms with Crippen LogP contribution in [0.3, 0.4) is 0 Å². The van der Waals surface area contributed by atoms with Gasteiger partial charge in [0.1, 0.15) is 4.90 Å². The zero-order valence-corrected chi connectivity index (χ0v) is 14.7. The first kappa shape index (κ1) is 17.2. The van der Waals surface area contributed by atoms with E-state index >= 15 is 0 Å². The molecule has 0 aliphatic carbocycles. The van der Waals surface area contributed by atoms with Crippen LogP contribution in [-0.4, -0.2) is 51.7 Å². The van der Waals surface area contributed by atoms with Crippen molar-refractivity contribution >= 4 is 21.6 Å². The number of sulfonamides is 1. The first-order valence-electron chi connectivity index (χ1n) is 7.98. The van der Waals surface area contributed by atoms with E-state index in [2.05, 4.69) is 0 Å². The third-order valence-electron chi connectivity index (χ3n) is 4.70. The topological polar surface area (TPSA) is 55.8 Å². The fourth-order valence-electron chi connectivity index (χ4n) is 3.43. The van der Waals surface area contributed by atoms with Crippen molar-refractivity contribution in [2.75, 3.05) is 32.9 Å². The lowest BCUT2D eigenvalue weighted by Gasteiger charge is -2.20. The summed E-state index contributed by atoms with van der Waals surface area (Å²) >= 11 is 6.07. The lowest BCUT2D eigenvalue weighted by molar-refractivity contribution is 0.0963. The summed E-state index contributed by atoms with van der Waals surface area (Å²) in [6.07, 6.45) is 0.897. The summed E-state index contributed by atoms with van der Waals surface area (Å²) in [4.78, 5) is 0.174. The van der Waals surface area contributed by atoms with E-state index in [0.29, 0.717) is 38.8 Å². The predicted octanol–water partition coefficient (Wildman–Crippen LogP) is 2.40. The molecule has 2 heterocycles. The molecule has 23 heavy (non-hydrogen) atoms. The van der Waals surface area contributed by atoms with Gasteiger partial charge in [0.2, 0.25) is 10.0 Å². The van der Waals surface area contributed by atoms with Crippen molar-refractivity contribution in [3.63, 3.8) is 0 Å². The van der Waals surface area contributed by atoms with Crippen molar-refractivity contribution in [1.29, 1.82) is 0 Å². The highest BCUT2D eigenvalue weighted by molar-refractivity contribution is 7.89. The number of halogens is 1. The summed E-state index contributed by atoms with van der Waals surface area (Å²) < 4.78 is 38.4. The second-order valence-corrected chi connectivity index (χ2v) is 8.35. The van der Waals surface area contributed by atoms with Crippen LogP contribution in [0.1, 0.15) is 13.3 Å². The Hall–Kier alpha value is -0.660. The summed E-state index contributed by atoms with van der Waals surface area (Å²) in [6, 6.07) is 6.58. The summed E-state index contributed by atoms with van der Waals surface area (Å²) in [7, 11) is -3.57. The number of ether oxygens (including phenoxy) is 2. The molecule has 0 bridgehead atoms. The average molecular weight is 360 g/mol. The van der Waals surface area contributed by atoms with Gasteiger partial charge in [-0.25, -0.2) is 8.42 Å². The van der Waals surface area contributed by atoms with E-state index in [-0.39, 0.29) is 21.9 Å². The molecular formula is C16H22ClNO4S. The SMILES string of the molecule is CCOCC[C@@H]1CO[C@@H]2CN(S(=O)(=O)c3ccccc3Cl)C[C@H]12. The zero-order valence-electron chi connectivity index (χ0n) is 13.2. The van der Waals surface area contributed by atoms with Crippen LogP contribution < -0.4 is 0 Å². The standard InChI is InChI=1S/C16H22ClNO4S/c1-2-21-8-7-12-11-22-15-10-18(9-13(12)15)23(19,20)16-6-4-3-5-14(16)17/h3-6,12-13,15H,2,7-11H2,1H3/t12-,13-,15-/m1/s1. The largest absolute Gasteiger partial charge is 0.382 e. The number of benzene rings is 1. The Bertz CT molecular complexity index is 651. The molecule has 2 aliphatic rings. The van der Waals surface area contributed by atoms with Crippen LogP contribution in [-0.2, 0) is 19.5 Å². The van der Waals surface area contributed by atoms with E-state index in [0.717, 1.165) is 6.42 Å². The van der Waals surface area contributed by atoms with Crippen molar-refractivity contribution < 1.29 is 17.9 Å². The van der Waals surface area contributed by atoms with Crippen molar-refractivity contribution in [3.05, 3.63) is 29.3 Å². The number of hydrogen-bond donors (Lipinski definition) is 0. The molecule has 0 unspecified atom stereocenters. The normalized spacial score (nSPS) is 28.2. The molecule has 0 aromatic heterocycles. The minimum Gasteiger partial charge on any atom is -0.382 e. The van der Waals surface area contributed by atoms with Crippen molar-refractivity contribution in [3.8, 4) is 0 Å². The van der Waals surface area contributed by atoms with Gasteiger partial charge in [-0.05, 0) is 31.4 Å². The minimum atomic E-state index is -3.57. The Morgan fingerprint density at radius 2 is 2.13 bits per heavy atom. The van der Waals surface area contributed by atoms with Gasteiger partial charge in [-0.3, -0.25) is 0 Å². The molecule has 3 atom stereocenters. The van der Waals surface area contributed by atoms with E-state index < -0.39 is 10.0 Å². The van der Waals surface area contributed by atoms with E-state index in [1.165, 1.54) is 4.31 Å². The van der Waals surface area contributed by atoms with Crippen LogP contribution in [0.5, 0.6) is 0 Å². The first-order valence-corrected chi connectivity index (χ1v) is 9.80. The van der Waals surface area contributed by atoms with Crippen molar-refractivity contribution in [2.24, 2.45) is 11.8 Å². The smallest absolute Gasteiger partial charge is 0.244 e. The zero-order chi connectivity index (χ0) is 16.4. The summed E-state index contributed by atoms with van der Waals surface area (Å²) in [6.45, 7) is 4.97. The Balaban J connectivity index is 1.71. The van der Waals surface area contributed by atoms with Crippen LogP contribution in [0.4, 0.5) is 0 Å². The molecule has 5 nitrogen and oxygen atoms in total. The molecular weight excluding hydrogens is 338 g/mol. The molecule has 3 rings (SSSR count). The van der Waals surface area contributed by atoms with Gasteiger partial charge >= 0.3 is 0 Å². The molecule has 0 radical (unpaired) electrons. The highest BCUT2D eigenvalue weighted by atomic mass is 35.5. The minimum absolute atomic E-state index is 0.0149. The highest BCUT2D eigenvalue weighted by Gasteiger charge is 2.47. The molecule has 2 aliphatic heterocycles. The third-order valence-corrected chi connectivity index (χ3v) is 7.03. The van der Waals surface area contributed by atoms with Crippen LogP contribution >= 0.6 is 11.6 Å². The van der Waals surface area contributed by atoms with Gasteiger partial charge in [0, 0.05) is 32.2 Å². The molecule has 128 valence electrons. The number of hydrogen-bond acceptors (Lipinski definition) is 4. The number of nitrogens with zero attached hydrogens (tertiary/aromatic N) is 1. The Kier molecular flexibility index (Phi) is 5.28. The van der Waals surface area contributed by atoms with Gasteiger partial charge in [-0.15, -0.1) is 0 Å². The maximum atomic E-state index is 12.8. The molecule has 2 saturated heterocycles. The molecule has 1 aromatic carbocycles. The fourth-order valence-corrected chi connectivity index (χ4v) is 5.41. The van der Waals surface area contributed by atoms with Gasteiger partial charge in [0.15, 0.2) is 0 Å². The van der Waals surface area contributed by atoms with Crippen LogP contribution in [0.25, 0.3) is 0 Å². The lowest BCUT2D eigenvalue weighted by atomic mass is 9.91. The number of rotatable bonds is 6. The Labute approximate surface area is 142 Å². The second-order valence-electron chi connectivity index (χ2n) is 6.03. The van der Waals surface area contributed by atoms with E-state index in [4.69, 9.17) is 21.1 Å². The fraction of sp³-hybridized carbons (Fsp3) is 0.625. The van der Waals surface area contributed by atoms with Gasteiger partial charge < -0.3 is 9.47 Å².